The van der Waals surface area contributed by atoms with Crippen molar-refractivity contribution >= 4 is 11.6 Å². The van der Waals surface area contributed by atoms with Gasteiger partial charge in [-0.2, -0.15) is 0 Å². The number of aliphatic imine (C=N–C) groups is 1. The minimum Gasteiger partial charge on any atom is -0.356 e. The molecule has 3 rings (SSSR count). The van der Waals surface area contributed by atoms with E-state index in [4.69, 9.17) is 4.52 Å². The summed E-state index contributed by atoms with van der Waals surface area (Å²) in [7, 11) is 0. The van der Waals surface area contributed by atoms with E-state index < -0.39 is 0 Å². The Kier molecular flexibility index (Phi) is 4.09. The van der Waals surface area contributed by atoms with E-state index in [0.29, 0.717) is 12.3 Å². The summed E-state index contributed by atoms with van der Waals surface area (Å²) in [6.07, 6.45) is 2.73. The lowest BCUT2D eigenvalue weighted by molar-refractivity contribution is -0.114. The van der Waals surface area contributed by atoms with E-state index in [-0.39, 0.29) is 5.91 Å². The van der Waals surface area contributed by atoms with Crippen LogP contribution in [0.3, 0.4) is 0 Å². The van der Waals surface area contributed by atoms with Gasteiger partial charge in [0.1, 0.15) is 5.69 Å². The molecule has 108 valence electrons. The fraction of sp³-hybridized carbons (Fsp3) is 0.312. The van der Waals surface area contributed by atoms with E-state index in [1.165, 1.54) is 0 Å². The van der Waals surface area contributed by atoms with Crippen LogP contribution in [0.1, 0.15) is 25.0 Å². The summed E-state index contributed by atoms with van der Waals surface area (Å²) in [5, 5.41) is 6.86. The number of carbonyl (C=O) groups excluding carboxylic acids is 1. The third-order valence-corrected chi connectivity index (χ3v) is 3.44. The molecule has 21 heavy (non-hydrogen) atoms. The van der Waals surface area contributed by atoms with Crippen LogP contribution in [-0.2, 0) is 11.3 Å². The largest absolute Gasteiger partial charge is 0.356 e. The van der Waals surface area contributed by atoms with Gasteiger partial charge in [0, 0.05) is 18.2 Å². The van der Waals surface area contributed by atoms with E-state index in [1.807, 2.05) is 36.4 Å². The minimum absolute atomic E-state index is 0.0562. The zero-order chi connectivity index (χ0) is 14.5. The van der Waals surface area contributed by atoms with Crippen molar-refractivity contribution in [2.75, 3.05) is 6.54 Å². The molecule has 1 aliphatic heterocycles. The molecule has 1 N–H and O–H groups in total. The first-order valence-electron chi connectivity index (χ1n) is 7.15. The van der Waals surface area contributed by atoms with Gasteiger partial charge < -0.3 is 9.84 Å². The maximum absolute atomic E-state index is 11.8. The first-order valence-corrected chi connectivity index (χ1v) is 7.15. The predicted octanol–water partition coefficient (Wildman–Crippen LogP) is 2.58. The molecule has 0 unspecified atom stereocenters. The Bertz CT molecular complexity index is 647. The quantitative estimate of drug-likeness (QED) is 0.941. The molecular formula is C16H17N3O2. The first kappa shape index (κ1) is 13.5. The van der Waals surface area contributed by atoms with Gasteiger partial charge in [-0.25, -0.2) is 0 Å². The Hall–Kier alpha value is -2.43. The summed E-state index contributed by atoms with van der Waals surface area (Å²) in [6, 6.07) is 11.7. The summed E-state index contributed by atoms with van der Waals surface area (Å²) in [4.78, 5) is 16.2. The Balaban J connectivity index is 1.71. The van der Waals surface area contributed by atoms with Crippen LogP contribution in [0.5, 0.6) is 0 Å². The van der Waals surface area contributed by atoms with E-state index in [9.17, 15) is 4.79 Å². The van der Waals surface area contributed by atoms with Crippen LogP contribution < -0.4 is 5.32 Å². The zero-order valence-electron chi connectivity index (χ0n) is 11.7. The van der Waals surface area contributed by atoms with Crippen LogP contribution >= 0.6 is 0 Å². The second kappa shape index (κ2) is 6.35. The van der Waals surface area contributed by atoms with Crippen molar-refractivity contribution in [1.29, 1.82) is 0 Å². The molecular weight excluding hydrogens is 266 g/mol. The third-order valence-electron chi connectivity index (χ3n) is 3.44. The van der Waals surface area contributed by atoms with Crippen molar-refractivity contribution < 1.29 is 9.32 Å². The molecule has 1 fully saturated rings. The van der Waals surface area contributed by atoms with Crippen molar-refractivity contribution in [3.63, 3.8) is 0 Å². The average molecular weight is 283 g/mol. The molecule has 5 nitrogen and oxygen atoms in total. The minimum atomic E-state index is -0.0562. The van der Waals surface area contributed by atoms with Crippen LogP contribution in [0, 0.1) is 0 Å². The zero-order valence-corrected chi connectivity index (χ0v) is 11.7. The lowest BCUT2D eigenvalue weighted by atomic mass is 10.1. The van der Waals surface area contributed by atoms with Gasteiger partial charge in [0.2, 0.25) is 0 Å². The van der Waals surface area contributed by atoms with E-state index in [1.54, 1.807) is 0 Å². The number of hydrogen-bond donors (Lipinski definition) is 1. The number of aromatic nitrogens is 1. The highest BCUT2D eigenvalue weighted by atomic mass is 16.5. The van der Waals surface area contributed by atoms with Gasteiger partial charge in [-0.1, -0.05) is 35.5 Å². The predicted molar refractivity (Wildman–Crippen MR) is 79.9 cm³/mol. The molecule has 2 aromatic rings. The van der Waals surface area contributed by atoms with E-state index in [2.05, 4.69) is 15.5 Å². The molecule has 1 aromatic heterocycles. The molecule has 1 saturated heterocycles. The van der Waals surface area contributed by atoms with Crippen LogP contribution in [0.25, 0.3) is 11.3 Å². The van der Waals surface area contributed by atoms with Crippen molar-refractivity contribution in [2.45, 2.75) is 25.8 Å². The molecule has 1 aliphatic rings. The SMILES string of the molecule is O=C1NCCCCC1=NCc1cc(-c2ccccc2)on1. The van der Waals surface area contributed by atoms with E-state index in [0.717, 1.165) is 42.8 Å². The fourth-order valence-corrected chi connectivity index (χ4v) is 2.29. The van der Waals surface area contributed by atoms with Crippen LogP contribution in [0.2, 0.25) is 0 Å². The Morgan fingerprint density at radius 1 is 1.24 bits per heavy atom. The van der Waals surface area contributed by atoms with Gasteiger partial charge in [0.05, 0.1) is 12.3 Å². The topological polar surface area (TPSA) is 67.5 Å². The van der Waals surface area contributed by atoms with Gasteiger partial charge in [0.15, 0.2) is 5.76 Å². The summed E-state index contributed by atoms with van der Waals surface area (Å²) < 4.78 is 5.32. The molecule has 0 spiro atoms. The molecule has 0 radical (unpaired) electrons. The molecule has 2 heterocycles. The maximum Gasteiger partial charge on any atom is 0.265 e. The van der Waals surface area contributed by atoms with Crippen LogP contribution in [0.4, 0.5) is 0 Å². The lowest BCUT2D eigenvalue weighted by Gasteiger charge is -2.00. The molecule has 0 atom stereocenters. The molecule has 1 aromatic carbocycles. The number of rotatable bonds is 3. The van der Waals surface area contributed by atoms with Gasteiger partial charge in [-0.15, -0.1) is 0 Å². The van der Waals surface area contributed by atoms with Gasteiger partial charge in [-0.05, 0) is 19.3 Å². The first-order chi connectivity index (χ1) is 10.3. The second-order valence-corrected chi connectivity index (χ2v) is 5.02. The average Bonchev–Trinajstić information content (AvgIpc) is 2.90. The Morgan fingerprint density at radius 2 is 2.10 bits per heavy atom. The summed E-state index contributed by atoms with van der Waals surface area (Å²) in [5.74, 6) is 0.662. The second-order valence-electron chi connectivity index (χ2n) is 5.02. The fourth-order valence-electron chi connectivity index (χ4n) is 2.29. The maximum atomic E-state index is 11.8. The highest BCUT2D eigenvalue weighted by Gasteiger charge is 2.14. The number of nitrogens with zero attached hydrogens (tertiary/aromatic N) is 2. The van der Waals surface area contributed by atoms with Gasteiger partial charge in [0.25, 0.3) is 5.91 Å². The summed E-state index contributed by atoms with van der Waals surface area (Å²) >= 11 is 0. The number of carbonyl (C=O) groups is 1. The van der Waals surface area contributed by atoms with Crippen molar-refractivity contribution in [2.24, 2.45) is 4.99 Å². The van der Waals surface area contributed by atoms with Crippen molar-refractivity contribution in [3.8, 4) is 11.3 Å². The number of amides is 1. The number of nitrogens with one attached hydrogen (secondary N) is 1. The highest BCUT2D eigenvalue weighted by molar-refractivity contribution is 6.39. The van der Waals surface area contributed by atoms with Gasteiger partial charge >= 0.3 is 0 Å². The van der Waals surface area contributed by atoms with Gasteiger partial charge in [-0.3, -0.25) is 9.79 Å². The highest BCUT2D eigenvalue weighted by Crippen LogP contribution is 2.20. The Labute approximate surface area is 123 Å². The van der Waals surface area contributed by atoms with Crippen molar-refractivity contribution in [3.05, 3.63) is 42.1 Å². The van der Waals surface area contributed by atoms with E-state index >= 15 is 0 Å². The lowest BCUT2D eigenvalue weighted by Crippen LogP contribution is -2.29. The summed E-state index contributed by atoms with van der Waals surface area (Å²) in [6.45, 7) is 1.11. The third kappa shape index (κ3) is 3.37. The molecule has 0 aliphatic carbocycles. The Morgan fingerprint density at radius 3 is 2.95 bits per heavy atom. The molecule has 5 heteroatoms. The van der Waals surface area contributed by atoms with Crippen molar-refractivity contribution in [1.82, 2.24) is 10.5 Å². The number of hydrogen-bond acceptors (Lipinski definition) is 4. The van der Waals surface area contributed by atoms with Crippen LogP contribution in [0.15, 0.2) is 45.9 Å². The monoisotopic (exact) mass is 283 g/mol. The number of benzene rings is 1. The normalized spacial score (nSPS) is 17.5. The summed E-state index contributed by atoms with van der Waals surface area (Å²) in [5.41, 5.74) is 2.33. The standard InChI is InChI=1S/C16H17N3O2/c20-16-14(8-4-5-9-17-16)18-11-13-10-15(21-19-13)12-6-2-1-3-7-12/h1-3,6-7,10H,4-5,8-9,11H2,(H,17,20). The molecule has 0 bridgehead atoms. The smallest absolute Gasteiger partial charge is 0.265 e. The molecule has 1 amide bonds. The van der Waals surface area contributed by atoms with Crippen LogP contribution in [-0.4, -0.2) is 23.3 Å². The molecule has 0 saturated carbocycles.